The molecule has 2 rings (SSSR count). The van der Waals surface area contributed by atoms with Gasteiger partial charge >= 0.3 is 0 Å². The van der Waals surface area contributed by atoms with Gasteiger partial charge in [0, 0.05) is 55.0 Å². The van der Waals surface area contributed by atoms with Crippen molar-refractivity contribution in [3.8, 4) is 0 Å². The number of halogens is 1. The number of guanidine groups is 1. The van der Waals surface area contributed by atoms with E-state index in [1.807, 2.05) is 37.3 Å². The fourth-order valence-electron chi connectivity index (χ4n) is 3.22. The first-order chi connectivity index (χ1) is 13.6. The Balaban J connectivity index is 0.00000420. The maximum Gasteiger partial charge on any atom is 0.191 e. The molecule has 29 heavy (non-hydrogen) atoms. The summed E-state index contributed by atoms with van der Waals surface area (Å²) in [7, 11) is -0.887. The summed E-state index contributed by atoms with van der Waals surface area (Å²) in [5.74, 6) is 2.63. The van der Waals surface area contributed by atoms with Crippen molar-refractivity contribution in [1.82, 2.24) is 15.5 Å². The van der Waals surface area contributed by atoms with Gasteiger partial charge in [-0.2, -0.15) is 0 Å². The summed E-state index contributed by atoms with van der Waals surface area (Å²) >= 11 is 0. The van der Waals surface area contributed by atoms with Crippen LogP contribution in [0.15, 0.2) is 35.3 Å². The van der Waals surface area contributed by atoms with Gasteiger partial charge in [-0.1, -0.05) is 44.2 Å². The second kappa shape index (κ2) is 15.1. The fraction of sp³-hybridized carbons (Fsp3) is 0.667. The monoisotopic (exact) mass is 536 g/mol. The van der Waals surface area contributed by atoms with Gasteiger partial charge in [-0.05, 0) is 18.4 Å². The van der Waals surface area contributed by atoms with Gasteiger partial charge in [-0.3, -0.25) is 14.1 Å². The van der Waals surface area contributed by atoms with Crippen molar-refractivity contribution in [3.05, 3.63) is 35.9 Å². The molecule has 0 spiro atoms. The van der Waals surface area contributed by atoms with Crippen LogP contribution in [0.25, 0.3) is 0 Å². The second-order valence-corrected chi connectivity index (χ2v) is 9.14. The van der Waals surface area contributed by atoms with Crippen LogP contribution in [0, 0.1) is 5.92 Å². The highest BCUT2D eigenvalue weighted by Crippen LogP contribution is 2.08. The van der Waals surface area contributed by atoms with Crippen LogP contribution >= 0.6 is 24.0 Å². The summed E-state index contributed by atoms with van der Waals surface area (Å²) in [4.78, 5) is 7.14. The molecule has 0 amide bonds. The standard InChI is InChI=1S/C21H36N4O2S.HI/c1-4-22-21(23-10-13-28(26)17-19-8-6-5-7-9-19)24-14-20-16-25(11-12-27-20)15-18(2)3;/h5-9,18,20H,4,10-17H2,1-3H3,(H2,22,23,24);1H. The third kappa shape index (κ3) is 11.3. The Labute approximate surface area is 195 Å². The number of ether oxygens (including phenoxy) is 1. The lowest BCUT2D eigenvalue weighted by Crippen LogP contribution is -2.46. The van der Waals surface area contributed by atoms with Gasteiger partial charge in [0.25, 0.3) is 0 Å². The number of hydrogen-bond donors (Lipinski definition) is 2. The average molecular weight is 537 g/mol. The minimum absolute atomic E-state index is 0. The summed E-state index contributed by atoms with van der Waals surface area (Å²) in [6.45, 7) is 12.4. The molecule has 8 heteroatoms. The summed E-state index contributed by atoms with van der Waals surface area (Å²) < 4.78 is 18.1. The summed E-state index contributed by atoms with van der Waals surface area (Å²) in [6.07, 6.45) is 0.134. The Morgan fingerprint density at radius 1 is 1.31 bits per heavy atom. The molecule has 0 aromatic heterocycles. The van der Waals surface area contributed by atoms with E-state index in [4.69, 9.17) is 4.74 Å². The zero-order valence-corrected chi connectivity index (χ0v) is 21.1. The molecule has 166 valence electrons. The minimum atomic E-state index is -0.887. The van der Waals surface area contributed by atoms with Crippen LogP contribution in [0.3, 0.4) is 0 Å². The minimum Gasteiger partial charge on any atom is -0.374 e. The first kappa shape index (κ1) is 26.3. The van der Waals surface area contributed by atoms with E-state index < -0.39 is 10.8 Å². The zero-order chi connectivity index (χ0) is 20.2. The molecule has 1 aromatic rings. The molecular formula is C21H37IN4O2S. The van der Waals surface area contributed by atoms with Gasteiger partial charge in [0.1, 0.15) is 0 Å². The number of nitrogens with zero attached hydrogens (tertiary/aromatic N) is 2. The van der Waals surface area contributed by atoms with Crippen LogP contribution in [-0.2, 0) is 21.3 Å². The van der Waals surface area contributed by atoms with Crippen molar-refractivity contribution >= 4 is 40.7 Å². The van der Waals surface area contributed by atoms with Gasteiger partial charge < -0.3 is 15.4 Å². The van der Waals surface area contributed by atoms with Crippen molar-refractivity contribution in [2.75, 3.05) is 51.6 Å². The Morgan fingerprint density at radius 2 is 2.07 bits per heavy atom. The molecule has 2 unspecified atom stereocenters. The van der Waals surface area contributed by atoms with Gasteiger partial charge in [-0.15, -0.1) is 24.0 Å². The maximum absolute atomic E-state index is 12.3. The molecule has 1 aliphatic rings. The quantitative estimate of drug-likeness (QED) is 0.273. The maximum atomic E-state index is 12.3. The Bertz CT molecular complexity index is 616. The van der Waals surface area contributed by atoms with Crippen molar-refractivity contribution in [2.45, 2.75) is 32.6 Å². The Kier molecular flexibility index (Phi) is 13.7. The highest BCUT2D eigenvalue weighted by molar-refractivity contribution is 14.0. The highest BCUT2D eigenvalue weighted by atomic mass is 127. The molecule has 0 aliphatic carbocycles. The van der Waals surface area contributed by atoms with Crippen molar-refractivity contribution in [3.63, 3.8) is 0 Å². The average Bonchev–Trinajstić information content (AvgIpc) is 2.66. The lowest BCUT2D eigenvalue weighted by Gasteiger charge is -2.33. The highest BCUT2D eigenvalue weighted by Gasteiger charge is 2.20. The van der Waals surface area contributed by atoms with Gasteiger partial charge in [-0.25, -0.2) is 0 Å². The summed E-state index contributed by atoms with van der Waals surface area (Å²) in [5.41, 5.74) is 1.11. The predicted octanol–water partition coefficient (Wildman–Crippen LogP) is 2.47. The van der Waals surface area contributed by atoms with Crippen molar-refractivity contribution < 1.29 is 8.95 Å². The molecule has 0 bridgehead atoms. The number of nitrogens with one attached hydrogen (secondary N) is 2. The molecule has 1 aromatic carbocycles. The molecule has 1 saturated heterocycles. The number of aliphatic imine (C=N–C) groups is 1. The van der Waals surface area contributed by atoms with Crippen LogP contribution < -0.4 is 10.6 Å². The normalized spacial score (nSPS) is 18.9. The largest absolute Gasteiger partial charge is 0.374 e. The first-order valence-corrected chi connectivity index (χ1v) is 11.8. The van der Waals surface area contributed by atoms with Crippen LogP contribution in [-0.4, -0.2) is 72.8 Å². The second-order valence-electron chi connectivity index (χ2n) is 7.57. The Hall–Kier alpha value is -0.710. The molecule has 1 aliphatic heterocycles. The molecule has 2 atom stereocenters. The van der Waals surface area contributed by atoms with E-state index in [0.717, 1.165) is 44.3 Å². The molecule has 1 heterocycles. The van der Waals surface area contributed by atoms with E-state index in [2.05, 4.69) is 34.4 Å². The van der Waals surface area contributed by atoms with E-state index in [0.29, 0.717) is 30.5 Å². The first-order valence-electron chi connectivity index (χ1n) is 10.3. The summed E-state index contributed by atoms with van der Waals surface area (Å²) in [5, 5.41) is 6.56. The van der Waals surface area contributed by atoms with Crippen molar-refractivity contribution in [2.24, 2.45) is 10.9 Å². The number of hydrogen-bond acceptors (Lipinski definition) is 4. The smallest absolute Gasteiger partial charge is 0.191 e. The third-order valence-electron chi connectivity index (χ3n) is 4.44. The zero-order valence-electron chi connectivity index (χ0n) is 17.9. The molecule has 6 nitrogen and oxygen atoms in total. The van der Waals surface area contributed by atoms with E-state index in [1.54, 1.807) is 0 Å². The molecule has 0 radical (unpaired) electrons. The molecule has 0 saturated carbocycles. The van der Waals surface area contributed by atoms with Crippen LogP contribution in [0.5, 0.6) is 0 Å². The van der Waals surface area contributed by atoms with Gasteiger partial charge in [0.05, 0.1) is 19.3 Å². The van der Waals surface area contributed by atoms with Crippen molar-refractivity contribution in [1.29, 1.82) is 0 Å². The SMILES string of the molecule is CCNC(=NCC1CN(CC(C)C)CCO1)NCCS(=O)Cc1ccccc1.I. The molecule has 2 N–H and O–H groups in total. The topological polar surface area (TPSA) is 66.0 Å². The molecular weight excluding hydrogens is 499 g/mol. The van der Waals surface area contributed by atoms with E-state index in [9.17, 15) is 4.21 Å². The number of morpholine rings is 1. The molecule has 1 fully saturated rings. The van der Waals surface area contributed by atoms with Crippen LogP contribution in [0.2, 0.25) is 0 Å². The van der Waals surface area contributed by atoms with Crippen LogP contribution in [0.1, 0.15) is 26.3 Å². The predicted molar refractivity (Wildman–Crippen MR) is 134 cm³/mol. The van der Waals surface area contributed by atoms with E-state index in [1.165, 1.54) is 0 Å². The lowest BCUT2D eigenvalue weighted by atomic mass is 10.2. The summed E-state index contributed by atoms with van der Waals surface area (Å²) in [6, 6.07) is 9.98. The Morgan fingerprint density at radius 3 is 2.76 bits per heavy atom. The van der Waals surface area contributed by atoms with E-state index in [-0.39, 0.29) is 30.1 Å². The van der Waals surface area contributed by atoms with E-state index >= 15 is 0 Å². The fourth-order valence-corrected chi connectivity index (χ4v) is 4.26. The van der Waals surface area contributed by atoms with Gasteiger partial charge in [0.15, 0.2) is 5.96 Å². The third-order valence-corrected chi connectivity index (χ3v) is 5.75. The number of rotatable bonds is 10. The van der Waals surface area contributed by atoms with Gasteiger partial charge in [0.2, 0.25) is 0 Å². The lowest BCUT2D eigenvalue weighted by molar-refractivity contribution is -0.0261. The number of benzene rings is 1. The van der Waals surface area contributed by atoms with Crippen LogP contribution in [0.4, 0.5) is 0 Å².